The highest BCUT2D eigenvalue weighted by Gasteiger charge is 2.12. The molecule has 186 valence electrons. The SMILES string of the molecule is CCC(C)Oc1ccc(C(=O)NC(=S)Nc2ccc(-c3nc4cc(C(C)CC)ccc4o3)cc2)cc1. The summed E-state index contributed by atoms with van der Waals surface area (Å²) in [4.78, 5) is 17.2. The number of ether oxygens (including phenoxy) is 1. The Morgan fingerprint density at radius 2 is 1.72 bits per heavy atom. The highest BCUT2D eigenvalue weighted by Crippen LogP contribution is 2.28. The monoisotopic (exact) mass is 501 g/mol. The van der Waals surface area contributed by atoms with Gasteiger partial charge in [0.15, 0.2) is 10.7 Å². The summed E-state index contributed by atoms with van der Waals surface area (Å²) >= 11 is 5.33. The van der Waals surface area contributed by atoms with Gasteiger partial charge in [-0.15, -0.1) is 0 Å². The number of benzene rings is 3. The number of hydrogen-bond acceptors (Lipinski definition) is 5. The van der Waals surface area contributed by atoms with Crippen molar-refractivity contribution in [3.8, 4) is 17.2 Å². The molecule has 6 nitrogen and oxygen atoms in total. The number of hydrogen-bond donors (Lipinski definition) is 2. The van der Waals surface area contributed by atoms with E-state index < -0.39 is 0 Å². The third-order valence-electron chi connectivity index (χ3n) is 6.24. The first-order chi connectivity index (χ1) is 17.4. The summed E-state index contributed by atoms with van der Waals surface area (Å²) < 4.78 is 11.7. The lowest BCUT2D eigenvalue weighted by Crippen LogP contribution is -2.34. The molecule has 2 unspecified atom stereocenters. The molecular formula is C29H31N3O3S. The molecule has 0 aliphatic carbocycles. The van der Waals surface area contributed by atoms with Crippen LogP contribution in [-0.4, -0.2) is 22.1 Å². The average Bonchev–Trinajstić information content (AvgIpc) is 3.32. The fourth-order valence-corrected chi connectivity index (χ4v) is 3.85. The Hall–Kier alpha value is -3.71. The van der Waals surface area contributed by atoms with Crippen LogP contribution in [0.5, 0.6) is 5.75 Å². The first-order valence-corrected chi connectivity index (χ1v) is 12.7. The van der Waals surface area contributed by atoms with Crippen LogP contribution in [0.2, 0.25) is 0 Å². The maximum Gasteiger partial charge on any atom is 0.257 e. The molecule has 0 aliphatic rings. The van der Waals surface area contributed by atoms with E-state index in [4.69, 9.17) is 21.4 Å². The number of nitrogens with zero attached hydrogens (tertiary/aromatic N) is 1. The van der Waals surface area contributed by atoms with Gasteiger partial charge >= 0.3 is 0 Å². The van der Waals surface area contributed by atoms with Gasteiger partial charge in [-0.3, -0.25) is 10.1 Å². The topological polar surface area (TPSA) is 76.4 Å². The number of carbonyl (C=O) groups is 1. The third-order valence-corrected chi connectivity index (χ3v) is 6.44. The van der Waals surface area contributed by atoms with E-state index in [-0.39, 0.29) is 17.1 Å². The lowest BCUT2D eigenvalue weighted by atomic mass is 9.98. The van der Waals surface area contributed by atoms with Gasteiger partial charge in [-0.05, 0) is 104 Å². The summed E-state index contributed by atoms with van der Waals surface area (Å²) in [6.45, 7) is 8.46. The van der Waals surface area contributed by atoms with Crippen LogP contribution in [0, 0.1) is 0 Å². The van der Waals surface area contributed by atoms with Crippen LogP contribution >= 0.6 is 12.2 Å². The van der Waals surface area contributed by atoms with E-state index in [9.17, 15) is 4.79 Å². The average molecular weight is 502 g/mol. The molecule has 4 aromatic rings. The Bertz CT molecular complexity index is 1350. The van der Waals surface area contributed by atoms with Crippen molar-refractivity contribution < 1.29 is 13.9 Å². The Morgan fingerprint density at radius 3 is 2.39 bits per heavy atom. The molecule has 0 aliphatic heterocycles. The number of carbonyl (C=O) groups excluding carboxylic acids is 1. The van der Waals surface area contributed by atoms with Gasteiger partial charge < -0.3 is 14.5 Å². The van der Waals surface area contributed by atoms with Gasteiger partial charge in [-0.1, -0.05) is 26.8 Å². The predicted octanol–water partition coefficient (Wildman–Crippen LogP) is 7.31. The Labute approximate surface area is 217 Å². The zero-order valence-corrected chi connectivity index (χ0v) is 21.8. The van der Waals surface area contributed by atoms with E-state index in [0.29, 0.717) is 17.4 Å². The van der Waals surface area contributed by atoms with E-state index >= 15 is 0 Å². The number of fused-ring (bicyclic) bond motifs is 1. The van der Waals surface area contributed by atoms with Crippen LogP contribution in [0.3, 0.4) is 0 Å². The number of amides is 1. The second-order valence-electron chi connectivity index (χ2n) is 8.90. The van der Waals surface area contributed by atoms with E-state index in [1.54, 1.807) is 24.3 Å². The molecule has 0 saturated heterocycles. The first kappa shape index (κ1) is 25.4. The van der Waals surface area contributed by atoms with E-state index in [2.05, 4.69) is 48.5 Å². The lowest BCUT2D eigenvalue weighted by molar-refractivity contribution is 0.0977. The standard InChI is InChI=1S/C29H31N3O3S/c1-5-18(3)22-11-16-26-25(17-22)31-28(35-26)21-7-12-23(13-8-21)30-29(36)32-27(33)20-9-14-24(15-10-20)34-19(4)6-2/h7-19H,5-6H2,1-4H3,(H2,30,32,33,36). The van der Waals surface area contributed by atoms with Crippen LogP contribution < -0.4 is 15.4 Å². The Morgan fingerprint density at radius 1 is 1.00 bits per heavy atom. The second-order valence-corrected chi connectivity index (χ2v) is 9.31. The van der Waals surface area contributed by atoms with Gasteiger partial charge in [-0.25, -0.2) is 4.98 Å². The largest absolute Gasteiger partial charge is 0.491 e. The first-order valence-electron chi connectivity index (χ1n) is 12.3. The van der Waals surface area contributed by atoms with E-state index in [1.807, 2.05) is 37.3 Å². The van der Waals surface area contributed by atoms with Crippen molar-refractivity contribution in [1.82, 2.24) is 10.3 Å². The number of thiocarbonyl (C=S) groups is 1. The summed E-state index contributed by atoms with van der Waals surface area (Å²) in [5, 5.41) is 5.97. The zero-order chi connectivity index (χ0) is 25.7. The minimum absolute atomic E-state index is 0.123. The summed E-state index contributed by atoms with van der Waals surface area (Å²) in [5.41, 5.74) is 4.98. The Kier molecular flexibility index (Phi) is 8.00. The summed E-state index contributed by atoms with van der Waals surface area (Å²) in [6, 6.07) is 20.7. The number of nitrogens with one attached hydrogen (secondary N) is 2. The fraction of sp³-hybridized carbons (Fsp3) is 0.276. The summed E-state index contributed by atoms with van der Waals surface area (Å²) in [7, 11) is 0. The maximum absolute atomic E-state index is 12.5. The van der Waals surface area contributed by atoms with Crippen molar-refractivity contribution in [2.75, 3.05) is 5.32 Å². The number of aromatic nitrogens is 1. The van der Waals surface area contributed by atoms with Crippen molar-refractivity contribution in [3.63, 3.8) is 0 Å². The minimum Gasteiger partial charge on any atom is -0.491 e. The quantitative estimate of drug-likeness (QED) is 0.247. The van der Waals surface area contributed by atoms with Crippen molar-refractivity contribution in [2.45, 2.75) is 52.6 Å². The summed E-state index contributed by atoms with van der Waals surface area (Å²) in [6.07, 6.45) is 2.11. The Balaban J connectivity index is 1.36. The molecule has 1 amide bonds. The molecule has 1 heterocycles. The molecular weight excluding hydrogens is 470 g/mol. The van der Waals surface area contributed by atoms with Crippen LogP contribution in [0.1, 0.15) is 62.4 Å². The maximum atomic E-state index is 12.5. The molecule has 4 rings (SSSR count). The van der Waals surface area contributed by atoms with Crippen LogP contribution in [0.25, 0.3) is 22.6 Å². The molecule has 0 spiro atoms. The van der Waals surface area contributed by atoms with Crippen molar-refractivity contribution >= 4 is 40.0 Å². The van der Waals surface area contributed by atoms with Crippen molar-refractivity contribution in [3.05, 3.63) is 77.9 Å². The number of oxazole rings is 1. The molecule has 36 heavy (non-hydrogen) atoms. The van der Waals surface area contributed by atoms with Gasteiger partial charge in [0.25, 0.3) is 5.91 Å². The normalized spacial score (nSPS) is 12.7. The van der Waals surface area contributed by atoms with Gasteiger partial charge in [0, 0.05) is 16.8 Å². The second kappa shape index (κ2) is 11.4. The molecule has 3 aromatic carbocycles. The molecule has 0 fully saturated rings. The molecule has 0 radical (unpaired) electrons. The molecule has 0 saturated carbocycles. The number of anilines is 1. The highest BCUT2D eigenvalue weighted by atomic mass is 32.1. The van der Waals surface area contributed by atoms with Crippen LogP contribution in [-0.2, 0) is 0 Å². The molecule has 0 bridgehead atoms. The third kappa shape index (κ3) is 6.10. The van der Waals surface area contributed by atoms with Gasteiger partial charge in [0.1, 0.15) is 11.3 Å². The minimum atomic E-state index is -0.289. The van der Waals surface area contributed by atoms with E-state index in [0.717, 1.165) is 40.9 Å². The fourth-order valence-electron chi connectivity index (χ4n) is 3.64. The van der Waals surface area contributed by atoms with Gasteiger partial charge in [0.2, 0.25) is 5.89 Å². The smallest absolute Gasteiger partial charge is 0.257 e. The van der Waals surface area contributed by atoms with Crippen molar-refractivity contribution in [1.29, 1.82) is 0 Å². The van der Waals surface area contributed by atoms with Crippen molar-refractivity contribution in [2.24, 2.45) is 0 Å². The molecule has 2 atom stereocenters. The van der Waals surface area contributed by atoms with Crippen LogP contribution in [0.4, 0.5) is 5.69 Å². The number of rotatable bonds is 8. The summed E-state index contributed by atoms with van der Waals surface area (Å²) in [5.74, 6) is 1.49. The van der Waals surface area contributed by atoms with E-state index in [1.165, 1.54) is 5.56 Å². The predicted molar refractivity (Wildman–Crippen MR) is 149 cm³/mol. The lowest BCUT2D eigenvalue weighted by Gasteiger charge is -2.13. The molecule has 7 heteroatoms. The van der Waals surface area contributed by atoms with Gasteiger partial charge in [0.05, 0.1) is 6.10 Å². The molecule has 2 N–H and O–H groups in total. The highest BCUT2D eigenvalue weighted by molar-refractivity contribution is 7.80. The zero-order valence-electron chi connectivity index (χ0n) is 21.0. The molecule has 1 aromatic heterocycles. The van der Waals surface area contributed by atoms with Crippen LogP contribution in [0.15, 0.2) is 71.1 Å². The van der Waals surface area contributed by atoms with Gasteiger partial charge in [-0.2, -0.15) is 0 Å².